The van der Waals surface area contributed by atoms with Gasteiger partial charge >= 0.3 is 0 Å². The lowest BCUT2D eigenvalue weighted by Gasteiger charge is -2.45. The van der Waals surface area contributed by atoms with Crippen molar-refractivity contribution >= 4 is 29.2 Å². The van der Waals surface area contributed by atoms with E-state index in [9.17, 15) is 18.4 Å². The fraction of sp³-hybridized carbons (Fsp3) is 0.350. The number of benzene rings is 1. The molecular formula is C20H18ClF2N3O3. The highest BCUT2D eigenvalue weighted by Gasteiger charge is 2.47. The van der Waals surface area contributed by atoms with Crippen LogP contribution in [-0.4, -0.2) is 47.5 Å². The highest BCUT2D eigenvalue weighted by Crippen LogP contribution is 2.31. The number of piperazine rings is 1. The standard InChI is InChI=1S/C20H18ClF2N3O3/c1-11-4-14(21)6-24-19(11)26-8-17(27)25(18(20(26)28)13-9-29-10-13)7-12-2-3-15(22)16(23)5-12/h2-6,13,18H,7-10H2,1H3/t18-/m0/s1. The number of carbonyl (C=O) groups excluding carboxylic acids is 2. The Bertz CT molecular complexity index is 983. The Kier molecular flexibility index (Phi) is 5.23. The van der Waals surface area contributed by atoms with E-state index >= 15 is 0 Å². The molecule has 2 fully saturated rings. The number of aromatic nitrogens is 1. The maximum Gasteiger partial charge on any atom is 0.251 e. The molecule has 1 atom stereocenters. The van der Waals surface area contributed by atoms with Crippen LogP contribution in [0.5, 0.6) is 0 Å². The molecule has 0 N–H and O–H groups in total. The Balaban J connectivity index is 1.66. The number of hydrogen-bond donors (Lipinski definition) is 0. The average molecular weight is 422 g/mol. The molecule has 2 aromatic rings. The van der Waals surface area contributed by atoms with Gasteiger partial charge in [0.2, 0.25) is 5.91 Å². The molecule has 4 rings (SSSR count). The van der Waals surface area contributed by atoms with Crippen LogP contribution in [0.2, 0.25) is 5.02 Å². The lowest BCUT2D eigenvalue weighted by Crippen LogP contribution is -2.65. The zero-order valence-electron chi connectivity index (χ0n) is 15.6. The first-order valence-electron chi connectivity index (χ1n) is 9.10. The van der Waals surface area contributed by atoms with E-state index in [1.54, 1.807) is 13.0 Å². The summed E-state index contributed by atoms with van der Waals surface area (Å²) in [5.74, 6) is -2.34. The van der Waals surface area contributed by atoms with Gasteiger partial charge in [0.05, 0.1) is 18.2 Å². The van der Waals surface area contributed by atoms with E-state index in [1.807, 2.05) is 0 Å². The fourth-order valence-electron chi connectivity index (χ4n) is 3.66. The predicted molar refractivity (Wildman–Crippen MR) is 101 cm³/mol. The molecule has 1 aromatic carbocycles. The number of ether oxygens (including phenoxy) is 1. The summed E-state index contributed by atoms with van der Waals surface area (Å²) < 4.78 is 32.1. The van der Waals surface area contributed by atoms with Crippen LogP contribution in [0.4, 0.5) is 14.6 Å². The zero-order valence-corrected chi connectivity index (χ0v) is 16.3. The van der Waals surface area contributed by atoms with Crippen molar-refractivity contribution in [3.05, 3.63) is 58.2 Å². The van der Waals surface area contributed by atoms with Gasteiger partial charge in [0.15, 0.2) is 11.6 Å². The van der Waals surface area contributed by atoms with Gasteiger partial charge in [-0.3, -0.25) is 14.5 Å². The van der Waals surface area contributed by atoms with Gasteiger partial charge in [0, 0.05) is 18.7 Å². The molecule has 2 saturated heterocycles. The quantitative estimate of drug-likeness (QED) is 0.761. The van der Waals surface area contributed by atoms with Crippen LogP contribution >= 0.6 is 11.6 Å². The number of aryl methyl sites for hydroxylation is 1. The van der Waals surface area contributed by atoms with E-state index < -0.39 is 17.7 Å². The lowest BCUT2D eigenvalue weighted by atomic mass is 9.92. The van der Waals surface area contributed by atoms with Crippen molar-refractivity contribution in [3.8, 4) is 0 Å². The first kappa shape index (κ1) is 19.7. The third-order valence-electron chi connectivity index (χ3n) is 5.19. The van der Waals surface area contributed by atoms with Gasteiger partial charge in [-0.15, -0.1) is 0 Å². The van der Waals surface area contributed by atoms with E-state index in [0.29, 0.717) is 35.2 Å². The van der Waals surface area contributed by atoms with Crippen LogP contribution in [0.25, 0.3) is 0 Å². The van der Waals surface area contributed by atoms with E-state index in [1.165, 1.54) is 22.1 Å². The van der Waals surface area contributed by atoms with Gasteiger partial charge in [-0.2, -0.15) is 0 Å². The predicted octanol–water partition coefficient (Wildman–Crippen LogP) is 2.71. The number of carbonyl (C=O) groups is 2. The summed E-state index contributed by atoms with van der Waals surface area (Å²) in [6.07, 6.45) is 1.43. The van der Waals surface area contributed by atoms with Crippen molar-refractivity contribution in [2.75, 3.05) is 24.7 Å². The van der Waals surface area contributed by atoms with Gasteiger partial charge in [-0.25, -0.2) is 13.8 Å². The Labute approximate surface area is 171 Å². The second kappa shape index (κ2) is 7.68. The van der Waals surface area contributed by atoms with Crippen molar-refractivity contribution in [3.63, 3.8) is 0 Å². The van der Waals surface area contributed by atoms with Gasteiger partial charge in [0.25, 0.3) is 5.91 Å². The molecular weight excluding hydrogens is 404 g/mol. The summed E-state index contributed by atoms with van der Waals surface area (Å²) in [5.41, 5.74) is 1.08. The van der Waals surface area contributed by atoms with Crippen LogP contribution in [0, 0.1) is 24.5 Å². The third kappa shape index (κ3) is 3.70. The number of amides is 2. The minimum atomic E-state index is -0.996. The largest absolute Gasteiger partial charge is 0.380 e. The molecule has 3 heterocycles. The van der Waals surface area contributed by atoms with E-state index in [4.69, 9.17) is 16.3 Å². The Morgan fingerprint density at radius 1 is 1.21 bits per heavy atom. The Morgan fingerprint density at radius 2 is 1.97 bits per heavy atom. The average Bonchev–Trinajstić information content (AvgIpc) is 2.62. The van der Waals surface area contributed by atoms with Crippen LogP contribution in [-0.2, 0) is 20.9 Å². The SMILES string of the molecule is Cc1cc(Cl)cnc1N1CC(=O)N(Cc2ccc(F)c(F)c2)[C@@H](C2COC2)C1=O. The molecule has 9 heteroatoms. The molecule has 6 nitrogen and oxygen atoms in total. The molecule has 0 saturated carbocycles. The molecule has 29 heavy (non-hydrogen) atoms. The molecule has 1 aromatic heterocycles. The van der Waals surface area contributed by atoms with Crippen molar-refractivity contribution in [2.45, 2.75) is 19.5 Å². The van der Waals surface area contributed by atoms with Crippen molar-refractivity contribution < 1.29 is 23.1 Å². The minimum Gasteiger partial charge on any atom is -0.380 e. The van der Waals surface area contributed by atoms with Crippen LogP contribution in [0.1, 0.15) is 11.1 Å². The van der Waals surface area contributed by atoms with Gasteiger partial charge in [0.1, 0.15) is 18.4 Å². The molecule has 2 aliphatic heterocycles. The van der Waals surface area contributed by atoms with Crippen LogP contribution < -0.4 is 4.90 Å². The number of halogens is 3. The Hall–Kier alpha value is -2.58. The second-order valence-electron chi connectivity index (χ2n) is 7.23. The normalized spacial score (nSPS) is 20.2. The first-order valence-corrected chi connectivity index (χ1v) is 9.47. The summed E-state index contributed by atoms with van der Waals surface area (Å²) in [4.78, 5) is 33.3. The molecule has 0 spiro atoms. The van der Waals surface area contributed by atoms with Crippen molar-refractivity contribution in [1.82, 2.24) is 9.88 Å². The smallest absolute Gasteiger partial charge is 0.251 e. The molecule has 0 unspecified atom stereocenters. The number of pyridine rings is 1. The molecule has 0 aliphatic carbocycles. The molecule has 152 valence electrons. The third-order valence-corrected chi connectivity index (χ3v) is 5.40. The molecule has 0 bridgehead atoms. The van der Waals surface area contributed by atoms with E-state index in [-0.39, 0.29) is 30.8 Å². The number of hydrogen-bond acceptors (Lipinski definition) is 4. The van der Waals surface area contributed by atoms with Crippen molar-refractivity contribution in [2.24, 2.45) is 5.92 Å². The maximum atomic E-state index is 13.6. The fourth-order valence-corrected chi connectivity index (χ4v) is 3.87. The number of anilines is 1. The summed E-state index contributed by atoms with van der Waals surface area (Å²) in [6, 6.07) is 4.36. The highest BCUT2D eigenvalue weighted by atomic mass is 35.5. The topological polar surface area (TPSA) is 62.7 Å². The summed E-state index contributed by atoms with van der Waals surface area (Å²) in [6.45, 7) is 2.27. The van der Waals surface area contributed by atoms with Gasteiger partial charge < -0.3 is 9.64 Å². The number of nitrogens with zero attached hydrogens (tertiary/aromatic N) is 3. The van der Waals surface area contributed by atoms with E-state index in [2.05, 4.69) is 4.98 Å². The summed E-state index contributed by atoms with van der Waals surface area (Å²) >= 11 is 5.95. The maximum absolute atomic E-state index is 13.6. The molecule has 2 amide bonds. The summed E-state index contributed by atoms with van der Waals surface area (Å²) in [5, 5.41) is 0.436. The number of rotatable bonds is 4. The van der Waals surface area contributed by atoms with Gasteiger partial charge in [-0.05, 0) is 36.2 Å². The monoisotopic (exact) mass is 421 g/mol. The minimum absolute atomic E-state index is 0.00378. The Morgan fingerprint density at radius 3 is 2.59 bits per heavy atom. The lowest BCUT2D eigenvalue weighted by molar-refractivity contribution is -0.155. The molecule has 0 radical (unpaired) electrons. The van der Waals surface area contributed by atoms with Crippen LogP contribution in [0.3, 0.4) is 0 Å². The van der Waals surface area contributed by atoms with Crippen molar-refractivity contribution in [1.29, 1.82) is 0 Å². The second-order valence-corrected chi connectivity index (χ2v) is 7.67. The van der Waals surface area contributed by atoms with E-state index in [0.717, 1.165) is 12.1 Å². The summed E-state index contributed by atoms with van der Waals surface area (Å²) in [7, 11) is 0. The first-order chi connectivity index (χ1) is 13.8. The highest BCUT2D eigenvalue weighted by molar-refractivity contribution is 6.30. The van der Waals surface area contributed by atoms with Crippen LogP contribution in [0.15, 0.2) is 30.5 Å². The molecule has 2 aliphatic rings. The zero-order chi connectivity index (χ0) is 20.7. The van der Waals surface area contributed by atoms with Gasteiger partial charge in [-0.1, -0.05) is 17.7 Å².